The van der Waals surface area contributed by atoms with Crippen molar-refractivity contribution in [2.75, 3.05) is 18.6 Å². The number of methoxy groups -OCH3 is 1. The quantitative estimate of drug-likeness (QED) is 0.273. The molecule has 0 N–H and O–H groups in total. The molecule has 3 aliphatic rings. The van der Waals surface area contributed by atoms with E-state index in [9.17, 15) is 13.6 Å². The Kier molecular flexibility index (Phi) is 6.53. The molecule has 1 unspecified atom stereocenters. The van der Waals surface area contributed by atoms with Crippen molar-refractivity contribution in [3.63, 3.8) is 0 Å². The van der Waals surface area contributed by atoms with Crippen molar-refractivity contribution in [1.82, 2.24) is 19.3 Å². The first-order valence-corrected chi connectivity index (χ1v) is 14.4. The number of halogens is 2. The maximum atomic E-state index is 14.3. The number of nitrogens with zero attached hydrogens (tertiary/aromatic N) is 5. The van der Waals surface area contributed by atoms with Gasteiger partial charge in [-0.05, 0) is 75.3 Å². The van der Waals surface area contributed by atoms with Crippen molar-refractivity contribution in [2.24, 2.45) is 0 Å². The van der Waals surface area contributed by atoms with Crippen molar-refractivity contribution < 1.29 is 23.0 Å². The fourth-order valence-corrected chi connectivity index (χ4v) is 7.02. The van der Waals surface area contributed by atoms with E-state index in [1.807, 2.05) is 0 Å². The molecular formula is C31H33F2N5O3. The molecule has 2 aromatic heterocycles. The predicted molar refractivity (Wildman–Crippen MR) is 150 cm³/mol. The smallest absolute Gasteiger partial charge is 0.414 e. The third kappa shape index (κ3) is 4.39. The summed E-state index contributed by atoms with van der Waals surface area (Å²) in [5.41, 5.74) is 6.61. The summed E-state index contributed by atoms with van der Waals surface area (Å²) in [7, 11) is 1.76. The van der Waals surface area contributed by atoms with Crippen LogP contribution in [0.3, 0.4) is 0 Å². The van der Waals surface area contributed by atoms with Gasteiger partial charge in [-0.2, -0.15) is 5.10 Å². The lowest BCUT2D eigenvalue weighted by Crippen LogP contribution is -2.42. The number of hydrogen-bond acceptors (Lipinski definition) is 5. The largest absolute Gasteiger partial charge is 0.449 e. The van der Waals surface area contributed by atoms with Crippen LogP contribution < -0.4 is 4.90 Å². The molecule has 1 saturated heterocycles. The molecular weight excluding hydrogens is 528 g/mol. The Morgan fingerprint density at radius 1 is 1.02 bits per heavy atom. The van der Waals surface area contributed by atoms with Gasteiger partial charge in [0.05, 0.1) is 35.1 Å². The first-order chi connectivity index (χ1) is 19.9. The zero-order valence-electron chi connectivity index (χ0n) is 23.3. The highest BCUT2D eigenvalue weighted by atomic mass is 19.2. The Labute approximate surface area is 236 Å². The summed E-state index contributed by atoms with van der Waals surface area (Å²) in [6.07, 6.45) is 5.90. The number of amides is 1. The summed E-state index contributed by atoms with van der Waals surface area (Å²) in [6.45, 7) is 3.21. The second-order valence-corrected chi connectivity index (χ2v) is 11.3. The number of fused-ring (bicyclic) bond motifs is 2. The standard InChI is InChI=1S/C31H33F2N5O3/c1-18-29(27-4-3-14-36(27)35-18)19-5-12-26-25(16-19)34-30(37(26)20-6-9-22(40-2)10-7-20)28-13-15-41-31(39)38(28)21-8-11-23(32)24(33)17-21/h5,8,11-12,16-17,20,22,28H,3-4,6-7,9-10,13-15H2,1-2H3. The maximum absolute atomic E-state index is 14.3. The molecule has 7 rings (SSSR count). The number of anilines is 1. The van der Waals surface area contributed by atoms with Crippen LogP contribution in [0, 0.1) is 18.6 Å². The minimum Gasteiger partial charge on any atom is -0.449 e. The third-order valence-electron chi connectivity index (χ3n) is 8.97. The number of aryl methyl sites for hydroxylation is 2. The average molecular weight is 562 g/mol. The van der Waals surface area contributed by atoms with Gasteiger partial charge in [-0.25, -0.2) is 18.6 Å². The van der Waals surface area contributed by atoms with Crippen molar-refractivity contribution in [3.8, 4) is 11.1 Å². The number of hydrogen-bond donors (Lipinski definition) is 0. The molecule has 2 fully saturated rings. The summed E-state index contributed by atoms with van der Waals surface area (Å²) < 4.78 is 43.5. The molecule has 214 valence electrons. The van der Waals surface area contributed by atoms with Crippen molar-refractivity contribution in [1.29, 1.82) is 0 Å². The van der Waals surface area contributed by atoms with E-state index in [0.717, 1.165) is 85.3 Å². The maximum Gasteiger partial charge on any atom is 0.414 e. The van der Waals surface area contributed by atoms with Crippen LogP contribution in [0.25, 0.3) is 22.2 Å². The summed E-state index contributed by atoms with van der Waals surface area (Å²) in [4.78, 5) is 19.7. The fourth-order valence-electron chi connectivity index (χ4n) is 7.02. The van der Waals surface area contributed by atoms with E-state index in [4.69, 9.17) is 19.6 Å². The van der Waals surface area contributed by atoms with Gasteiger partial charge in [0.15, 0.2) is 11.6 Å². The summed E-state index contributed by atoms with van der Waals surface area (Å²) in [5, 5.41) is 4.76. The first kappa shape index (κ1) is 26.1. The van der Waals surface area contributed by atoms with Crippen LogP contribution in [0.4, 0.5) is 19.3 Å². The average Bonchev–Trinajstić information content (AvgIpc) is 3.66. The Morgan fingerprint density at radius 2 is 1.85 bits per heavy atom. The van der Waals surface area contributed by atoms with E-state index in [1.165, 1.54) is 22.2 Å². The zero-order chi connectivity index (χ0) is 28.2. The number of carbonyl (C=O) groups is 1. The highest BCUT2D eigenvalue weighted by Gasteiger charge is 2.38. The molecule has 0 bridgehead atoms. The van der Waals surface area contributed by atoms with Gasteiger partial charge >= 0.3 is 6.09 Å². The van der Waals surface area contributed by atoms with Gasteiger partial charge in [0.1, 0.15) is 11.9 Å². The van der Waals surface area contributed by atoms with Gasteiger partial charge in [-0.15, -0.1) is 0 Å². The van der Waals surface area contributed by atoms with Gasteiger partial charge in [-0.3, -0.25) is 9.58 Å². The molecule has 2 aromatic carbocycles. The second-order valence-electron chi connectivity index (χ2n) is 11.3. The molecule has 10 heteroatoms. The number of ether oxygens (including phenoxy) is 2. The number of cyclic esters (lactones) is 1. The lowest BCUT2D eigenvalue weighted by molar-refractivity contribution is 0.0582. The molecule has 1 saturated carbocycles. The lowest BCUT2D eigenvalue weighted by Gasteiger charge is -2.37. The lowest BCUT2D eigenvalue weighted by atomic mass is 9.92. The summed E-state index contributed by atoms with van der Waals surface area (Å²) >= 11 is 0. The Bertz CT molecular complexity index is 1640. The monoisotopic (exact) mass is 561 g/mol. The zero-order valence-corrected chi connectivity index (χ0v) is 23.3. The number of carbonyl (C=O) groups excluding carboxylic acids is 1. The van der Waals surface area contributed by atoms with Crippen molar-refractivity contribution >= 4 is 22.8 Å². The molecule has 4 aromatic rings. The number of imidazole rings is 1. The molecule has 41 heavy (non-hydrogen) atoms. The van der Waals surface area contributed by atoms with Crippen LogP contribution in [0.2, 0.25) is 0 Å². The normalized spacial score (nSPS) is 22.8. The highest BCUT2D eigenvalue weighted by Crippen LogP contribution is 2.41. The molecule has 0 radical (unpaired) electrons. The van der Waals surface area contributed by atoms with E-state index in [1.54, 1.807) is 7.11 Å². The van der Waals surface area contributed by atoms with E-state index >= 15 is 0 Å². The molecule has 8 nitrogen and oxygen atoms in total. The minimum atomic E-state index is -1.01. The third-order valence-corrected chi connectivity index (χ3v) is 8.97. The molecule has 1 aliphatic carbocycles. The highest BCUT2D eigenvalue weighted by molar-refractivity contribution is 5.90. The van der Waals surface area contributed by atoms with Crippen LogP contribution >= 0.6 is 0 Å². The second kappa shape index (κ2) is 10.2. The Morgan fingerprint density at radius 3 is 2.63 bits per heavy atom. The molecule has 4 heterocycles. The first-order valence-electron chi connectivity index (χ1n) is 14.4. The Balaban J connectivity index is 1.37. The molecule has 2 aliphatic heterocycles. The SMILES string of the molecule is COC1CCC(n2c(C3CCOC(=O)N3c3ccc(F)c(F)c3)nc3cc(-c4c(C)nn5c4CCC5)ccc32)CC1. The van der Waals surface area contributed by atoms with Crippen molar-refractivity contribution in [3.05, 3.63) is 65.2 Å². The molecule has 1 atom stereocenters. The van der Waals surface area contributed by atoms with Crippen LogP contribution in [0.5, 0.6) is 0 Å². The fraction of sp³-hybridized carbons (Fsp3) is 0.452. The van der Waals surface area contributed by atoms with Crippen LogP contribution in [-0.4, -0.2) is 45.2 Å². The number of benzene rings is 2. The predicted octanol–water partition coefficient (Wildman–Crippen LogP) is 6.65. The van der Waals surface area contributed by atoms with Crippen LogP contribution in [0.1, 0.15) is 67.8 Å². The van der Waals surface area contributed by atoms with Crippen molar-refractivity contribution in [2.45, 2.75) is 76.6 Å². The van der Waals surface area contributed by atoms with E-state index in [-0.39, 0.29) is 24.4 Å². The van der Waals surface area contributed by atoms with Gasteiger partial charge in [0.25, 0.3) is 0 Å². The topological polar surface area (TPSA) is 74.4 Å². The van der Waals surface area contributed by atoms with E-state index < -0.39 is 23.8 Å². The van der Waals surface area contributed by atoms with Gasteiger partial charge < -0.3 is 14.0 Å². The van der Waals surface area contributed by atoms with Crippen LogP contribution in [0.15, 0.2) is 36.4 Å². The van der Waals surface area contributed by atoms with Gasteiger partial charge in [0.2, 0.25) is 0 Å². The van der Waals surface area contributed by atoms with Gasteiger partial charge in [-0.1, -0.05) is 6.07 Å². The number of aromatic nitrogens is 4. The summed E-state index contributed by atoms with van der Waals surface area (Å²) in [5.74, 6) is -1.25. The van der Waals surface area contributed by atoms with E-state index in [0.29, 0.717) is 6.42 Å². The van der Waals surface area contributed by atoms with Gasteiger partial charge in [0, 0.05) is 43.4 Å². The molecule has 1 amide bonds. The molecule has 0 spiro atoms. The van der Waals surface area contributed by atoms with E-state index in [2.05, 4.69) is 34.4 Å². The minimum absolute atomic E-state index is 0.166. The number of rotatable bonds is 5. The van der Waals surface area contributed by atoms with Crippen LogP contribution in [-0.2, 0) is 22.4 Å². The Hall–Kier alpha value is -3.79. The summed E-state index contributed by atoms with van der Waals surface area (Å²) in [6, 6.07) is 9.57.